The van der Waals surface area contributed by atoms with Crippen molar-refractivity contribution in [3.05, 3.63) is 96.1 Å². The largest absolute Gasteiger partial charge is 0.497 e. The lowest BCUT2D eigenvalue weighted by atomic mass is 10.0. The van der Waals surface area contributed by atoms with Gasteiger partial charge in [-0.3, -0.25) is 4.79 Å². The second kappa shape index (κ2) is 8.86. The molecule has 0 radical (unpaired) electrons. The van der Waals surface area contributed by atoms with Gasteiger partial charge in [0.25, 0.3) is 0 Å². The number of ether oxygens (including phenoxy) is 1. The zero-order valence-electron chi connectivity index (χ0n) is 15.6. The second-order valence-corrected chi connectivity index (χ2v) is 6.33. The molecule has 0 aromatic heterocycles. The molecular weight excluding hydrogens is 334 g/mol. The third-order valence-electron chi connectivity index (χ3n) is 4.40. The van der Waals surface area contributed by atoms with Crippen LogP contribution in [0.3, 0.4) is 0 Å². The molecule has 0 fully saturated rings. The van der Waals surface area contributed by atoms with Crippen molar-refractivity contribution in [3.8, 4) is 16.9 Å². The first kappa shape index (κ1) is 18.5. The molecule has 1 atom stereocenters. The van der Waals surface area contributed by atoms with Gasteiger partial charge in [-0.05, 0) is 47.4 Å². The summed E-state index contributed by atoms with van der Waals surface area (Å²) in [7, 11) is 1.63. The first-order chi connectivity index (χ1) is 13.2. The summed E-state index contributed by atoms with van der Waals surface area (Å²) in [6.45, 7) is 1.98. The van der Waals surface area contributed by atoms with Crippen LogP contribution in [0.2, 0.25) is 0 Å². The maximum Gasteiger partial charge on any atom is 0.244 e. The van der Waals surface area contributed by atoms with E-state index < -0.39 is 0 Å². The smallest absolute Gasteiger partial charge is 0.244 e. The van der Waals surface area contributed by atoms with Crippen molar-refractivity contribution in [1.29, 1.82) is 0 Å². The van der Waals surface area contributed by atoms with Gasteiger partial charge in [0.05, 0.1) is 13.2 Å². The van der Waals surface area contributed by atoms with Gasteiger partial charge in [-0.2, -0.15) is 0 Å². The standard InChI is InChI=1S/C24H23NO2/c1-18(20-12-14-22(15-13-20)21-8-4-3-5-9-21)25-24(26)16-11-19-7-6-10-23(17-19)27-2/h3-18H,1-2H3,(H,25,26)/b16-11+/t18-/m1/s1. The van der Waals surface area contributed by atoms with Crippen molar-refractivity contribution in [2.24, 2.45) is 0 Å². The van der Waals surface area contributed by atoms with Crippen LogP contribution in [0.1, 0.15) is 24.1 Å². The lowest BCUT2D eigenvalue weighted by Crippen LogP contribution is -2.24. The van der Waals surface area contributed by atoms with E-state index in [9.17, 15) is 4.79 Å². The Kier molecular flexibility index (Phi) is 6.06. The number of carbonyl (C=O) groups excluding carboxylic acids is 1. The monoisotopic (exact) mass is 357 g/mol. The minimum absolute atomic E-state index is 0.0720. The van der Waals surface area contributed by atoms with Crippen LogP contribution in [0.5, 0.6) is 5.75 Å². The van der Waals surface area contributed by atoms with E-state index >= 15 is 0 Å². The Labute approximate surface area is 160 Å². The van der Waals surface area contributed by atoms with E-state index in [-0.39, 0.29) is 11.9 Å². The number of rotatable bonds is 6. The first-order valence-corrected chi connectivity index (χ1v) is 8.94. The molecule has 0 bridgehead atoms. The Hall–Kier alpha value is -3.33. The fourth-order valence-corrected chi connectivity index (χ4v) is 2.86. The first-order valence-electron chi connectivity index (χ1n) is 8.94. The van der Waals surface area contributed by atoms with Gasteiger partial charge in [-0.15, -0.1) is 0 Å². The van der Waals surface area contributed by atoms with Gasteiger partial charge in [0, 0.05) is 6.08 Å². The molecule has 3 heteroatoms. The molecule has 1 N–H and O–H groups in total. The highest BCUT2D eigenvalue weighted by Crippen LogP contribution is 2.21. The molecule has 0 saturated carbocycles. The molecular formula is C24H23NO2. The second-order valence-electron chi connectivity index (χ2n) is 6.33. The molecule has 0 aliphatic carbocycles. The van der Waals surface area contributed by atoms with Gasteiger partial charge >= 0.3 is 0 Å². The topological polar surface area (TPSA) is 38.3 Å². The van der Waals surface area contributed by atoms with Gasteiger partial charge in [0.15, 0.2) is 0 Å². The average molecular weight is 357 g/mol. The molecule has 1 amide bonds. The molecule has 136 valence electrons. The van der Waals surface area contributed by atoms with Crippen LogP contribution in [0.15, 0.2) is 84.9 Å². The van der Waals surface area contributed by atoms with Crippen molar-refractivity contribution in [1.82, 2.24) is 5.32 Å². The van der Waals surface area contributed by atoms with Crippen LogP contribution in [-0.2, 0) is 4.79 Å². The zero-order chi connectivity index (χ0) is 19.1. The van der Waals surface area contributed by atoms with Gasteiger partial charge < -0.3 is 10.1 Å². The third-order valence-corrected chi connectivity index (χ3v) is 4.40. The Morgan fingerprint density at radius 2 is 1.63 bits per heavy atom. The number of methoxy groups -OCH3 is 1. The average Bonchev–Trinajstić information content (AvgIpc) is 2.73. The molecule has 3 aromatic carbocycles. The lowest BCUT2D eigenvalue weighted by Gasteiger charge is -2.13. The van der Waals surface area contributed by atoms with Crippen LogP contribution in [0, 0.1) is 0 Å². The van der Waals surface area contributed by atoms with Crippen LogP contribution in [-0.4, -0.2) is 13.0 Å². The summed E-state index contributed by atoms with van der Waals surface area (Å²) < 4.78 is 5.19. The Morgan fingerprint density at radius 3 is 2.33 bits per heavy atom. The number of benzene rings is 3. The van der Waals surface area contributed by atoms with Crippen LogP contribution >= 0.6 is 0 Å². The molecule has 0 aliphatic heterocycles. The van der Waals surface area contributed by atoms with E-state index in [4.69, 9.17) is 4.74 Å². The van der Waals surface area contributed by atoms with E-state index in [0.29, 0.717) is 0 Å². The SMILES string of the molecule is COc1cccc(/C=C/C(=O)N[C@H](C)c2ccc(-c3ccccc3)cc2)c1. The van der Waals surface area contributed by atoms with Crippen molar-refractivity contribution in [3.63, 3.8) is 0 Å². The van der Waals surface area contributed by atoms with Crippen molar-refractivity contribution in [2.75, 3.05) is 7.11 Å². The fourth-order valence-electron chi connectivity index (χ4n) is 2.86. The molecule has 0 aliphatic rings. The zero-order valence-corrected chi connectivity index (χ0v) is 15.6. The molecule has 0 unspecified atom stereocenters. The van der Waals surface area contributed by atoms with E-state index in [1.807, 2.05) is 49.4 Å². The number of nitrogens with one attached hydrogen (secondary N) is 1. The van der Waals surface area contributed by atoms with Crippen LogP contribution < -0.4 is 10.1 Å². The predicted molar refractivity (Wildman–Crippen MR) is 110 cm³/mol. The molecule has 0 heterocycles. The van der Waals surface area contributed by atoms with E-state index in [0.717, 1.165) is 22.4 Å². The number of hydrogen-bond acceptors (Lipinski definition) is 2. The Morgan fingerprint density at radius 1 is 0.926 bits per heavy atom. The normalized spacial score (nSPS) is 11.9. The quantitative estimate of drug-likeness (QED) is 0.612. The Bertz CT molecular complexity index is 915. The predicted octanol–water partition coefficient (Wildman–Crippen LogP) is 5.25. The van der Waals surface area contributed by atoms with E-state index in [1.54, 1.807) is 19.3 Å². The van der Waals surface area contributed by atoms with Crippen LogP contribution in [0.25, 0.3) is 17.2 Å². The minimum atomic E-state index is -0.127. The molecule has 3 aromatic rings. The van der Waals surface area contributed by atoms with Gasteiger partial charge in [-0.25, -0.2) is 0 Å². The molecule has 3 rings (SSSR count). The summed E-state index contributed by atoms with van der Waals surface area (Å²) in [5, 5.41) is 3.00. The summed E-state index contributed by atoms with van der Waals surface area (Å²) >= 11 is 0. The van der Waals surface area contributed by atoms with E-state index in [2.05, 4.69) is 41.7 Å². The third kappa shape index (κ3) is 5.08. The molecule has 0 saturated heterocycles. The molecule has 27 heavy (non-hydrogen) atoms. The Balaban J connectivity index is 1.61. The minimum Gasteiger partial charge on any atom is -0.497 e. The van der Waals surface area contributed by atoms with Crippen molar-refractivity contribution in [2.45, 2.75) is 13.0 Å². The summed E-state index contributed by atoms with van der Waals surface area (Å²) in [5.74, 6) is 0.641. The van der Waals surface area contributed by atoms with E-state index in [1.165, 1.54) is 5.56 Å². The highest BCUT2D eigenvalue weighted by Gasteiger charge is 2.08. The fraction of sp³-hybridized carbons (Fsp3) is 0.125. The molecule has 3 nitrogen and oxygen atoms in total. The lowest BCUT2D eigenvalue weighted by molar-refractivity contribution is -0.117. The maximum atomic E-state index is 12.2. The van der Waals surface area contributed by atoms with Gasteiger partial charge in [0.2, 0.25) is 5.91 Å². The number of carbonyl (C=O) groups is 1. The summed E-state index contributed by atoms with van der Waals surface area (Å²) in [4.78, 5) is 12.2. The molecule has 0 spiro atoms. The highest BCUT2D eigenvalue weighted by atomic mass is 16.5. The highest BCUT2D eigenvalue weighted by molar-refractivity contribution is 5.92. The van der Waals surface area contributed by atoms with Crippen molar-refractivity contribution >= 4 is 12.0 Å². The summed E-state index contributed by atoms with van der Waals surface area (Å²) in [5.41, 5.74) is 4.33. The van der Waals surface area contributed by atoms with Crippen molar-refractivity contribution < 1.29 is 9.53 Å². The summed E-state index contributed by atoms with van der Waals surface area (Å²) in [6, 6.07) is 26.0. The number of amides is 1. The van der Waals surface area contributed by atoms with Gasteiger partial charge in [0.1, 0.15) is 5.75 Å². The van der Waals surface area contributed by atoms with Gasteiger partial charge in [-0.1, -0.05) is 66.7 Å². The summed E-state index contributed by atoms with van der Waals surface area (Å²) in [6.07, 6.45) is 3.33. The van der Waals surface area contributed by atoms with Crippen LogP contribution in [0.4, 0.5) is 0 Å². The maximum absolute atomic E-state index is 12.2. The number of hydrogen-bond donors (Lipinski definition) is 1.